The van der Waals surface area contributed by atoms with Crippen molar-refractivity contribution in [2.75, 3.05) is 19.5 Å². The second-order valence-electron chi connectivity index (χ2n) is 5.69. The van der Waals surface area contributed by atoms with Crippen molar-refractivity contribution in [2.45, 2.75) is 33.1 Å². The number of hydrogen-bond donors (Lipinski definition) is 2. The van der Waals surface area contributed by atoms with Crippen molar-refractivity contribution in [1.82, 2.24) is 10.2 Å². The van der Waals surface area contributed by atoms with Crippen molar-refractivity contribution >= 4 is 11.6 Å². The first kappa shape index (κ1) is 17.8. The number of nitrogens with one attached hydrogen (secondary N) is 2. The van der Waals surface area contributed by atoms with E-state index in [4.69, 9.17) is 9.47 Å². The zero-order valence-corrected chi connectivity index (χ0v) is 14.5. The highest BCUT2D eigenvalue weighted by Crippen LogP contribution is 2.32. The quantitative estimate of drug-likeness (QED) is 0.849. The Labute approximate surface area is 140 Å². The van der Waals surface area contributed by atoms with Crippen LogP contribution in [0.15, 0.2) is 12.1 Å². The van der Waals surface area contributed by atoms with Crippen LogP contribution in [0.5, 0.6) is 11.5 Å². The number of nitrogens with zero attached hydrogens (tertiary/aromatic N) is 1. The molecule has 0 bridgehead atoms. The predicted octanol–water partition coefficient (Wildman–Crippen LogP) is 3.32. The van der Waals surface area contributed by atoms with E-state index in [2.05, 4.69) is 15.5 Å². The van der Waals surface area contributed by atoms with Gasteiger partial charge in [-0.2, -0.15) is 5.10 Å². The first-order chi connectivity index (χ1) is 11.4. The zero-order chi connectivity index (χ0) is 17.9. The molecule has 2 rings (SSSR count). The van der Waals surface area contributed by atoms with Gasteiger partial charge in [-0.05, 0) is 25.3 Å². The lowest BCUT2D eigenvalue weighted by Gasteiger charge is -2.15. The van der Waals surface area contributed by atoms with E-state index >= 15 is 0 Å². The number of halogens is 1. The molecule has 24 heavy (non-hydrogen) atoms. The number of rotatable bonds is 6. The smallest absolute Gasteiger partial charge is 0.225 e. The van der Waals surface area contributed by atoms with Gasteiger partial charge in [0.2, 0.25) is 5.91 Å². The summed E-state index contributed by atoms with van der Waals surface area (Å²) in [6.07, 6.45) is 0.248. The fraction of sp³-hybridized carbons (Fsp3) is 0.412. The Kier molecular flexibility index (Phi) is 5.43. The van der Waals surface area contributed by atoms with Crippen LogP contribution in [0.4, 0.5) is 10.1 Å². The molecular formula is C17H22FN3O3. The van der Waals surface area contributed by atoms with Gasteiger partial charge in [0, 0.05) is 24.2 Å². The van der Waals surface area contributed by atoms with Crippen LogP contribution in [0.25, 0.3) is 0 Å². The minimum atomic E-state index is -0.567. The van der Waals surface area contributed by atoms with Crippen molar-refractivity contribution in [2.24, 2.45) is 0 Å². The largest absolute Gasteiger partial charge is 0.494 e. The summed E-state index contributed by atoms with van der Waals surface area (Å²) >= 11 is 0. The van der Waals surface area contributed by atoms with Crippen molar-refractivity contribution in [3.8, 4) is 11.5 Å². The molecule has 1 aromatic carbocycles. The van der Waals surface area contributed by atoms with Gasteiger partial charge < -0.3 is 14.8 Å². The predicted molar refractivity (Wildman–Crippen MR) is 89.2 cm³/mol. The molecule has 130 valence electrons. The van der Waals surface area contributed by atoms with Crippen LogP contribution in [-0.2, 0) is 4.79 Å². The van der Waals surface area contributed by atoms with E-state index in [1.54, 1.807) is 0 Å². The number of H-pyrrole nitrogens is 1. The number of aromatic nitrogens is 2. The molecule has 6 nitrogen and oxygen atoms in total. The monoisotopic (exact) mass is 335 g/mol. The molecule has 1 atom stereocenters. The summed E-state index contributed by atoms with van der Waals surface area (Å²) in [5.74, 6) is -0.417. The van der Waals surface area contributed by atoms with E-state index in [0.717, 1.165) is 17.0 Å². The summed E-state index contributed by atoms with van der Waals surface area (Å²) in [5, 5.41) is 9.76. The average molecular weight is 335 g/mol. The van der Waals surface area contributed by atoms with E-state index in [1.165, 1.54) is 26.4 Å². The van der Waals surface area contributed by atoms with Gasteiger partial charge in [-0.3, -0.25) is 9.89 Å². The number of amides is 1. The molecule has 7 heteroatoms. The normalized spacial score (nSPS) is 11.9. The highest BCUT2D eigenvalue weighted by Gasteiger charge is 2.19. The molecule has 1 amide bonds. The van der Waals surface area contributed by atoms with Crippen LogP contribution in [0.2, 0.25) is 0 Å². The molecule has 1 aromatic heterocycles. The Morgan fingerprint density at radius 2 is 1.96 bits per heavy atom. The SMILES string of the molecule is COc1cc(OC)c(NC(=O)CC(C)c2c(C)n[nH]c2C)cc1F. The third kappa shape index (κ3) is 3.67. The summed E-state index contributed by atoms with van der Waals surface area (Å²) in [6, 6.07) is 2.59. The average Bonchev–Trinajstić information content (AvgIpc) is 2.86. The van der Waals surface area contributed by atoms with Crippen LogP contribution in [0, 0.1) is 19.7 Å². The van der Waals surface area contributed by atoms with E-state index in [-0.39, 0.29) is 29.7 Å². The Morgan fingerprint density at radius 1 is 1.29 bits per heavy atom. The molecule has 0 saturated carbocycles. The van der Waals surface area contributed by atoms with Gasteiger partial charge in [0.1, 0.15) is 5.75 Å². The molecule has 1 unspecified atom stereocenters. The molecule has 0 aliphatic carbocycles. The number of carbonyl (C=O) groups is 1. The van der Waals surface area contributed by atoms with Crippen molar-refractivity contribution < 1.29 is 18.7 Å². The van der Waals surface area contributed by atoms with Crippen LogP contribution < -0.4 is 14.8 Å². The van der Waals surface area contributed by atoms with Gasteiger partial charge in [0.05, 0.1) is 25.6 Å². The summed E-state index contributed by atoms with van der Waals surface area (Å²) in [7, 11) is 2.82. The van der Waals surface area contributed by atoms with Gasteiger partial charge >= 0.3 is 0 Å². The fourth-order valence-electron chi connectivity index (χ4n) is 2.82. The van der Waals surface area contributed by atoms with Gasteiger partial charge in [-0.1, -0.05) is 6.92 Å². The molecule has 0 spiro atoms. The number of hydrogen-bond acceptors (Lipinski definition) is 4. The first-order valence-electron chi connectivity index (χ1n) is 7.60. The van der Waals surface area contributed by atoms with E-state index in [0.29, 0.717) is 5.75 Å². The number of benzene rings is 1. The molecule has 0 aliphatic heterocycles. The molecular weight excluding hydrogens is 313 g/mol. The summed E-state index contributed by atoms with van der Waals surface area (Å²) in [5.41, 5.74) is 3.12. The third-order valence-electron chi connectivity index (χ3n) is 3.92. The van der Waals surface area contributed by atoms with Crippen LogP contribution in [-0.4, -0.2) is 30.3 Å². The maximum atomic E-state index is 13.9. The Morgan fingerprint density at radius 3 is 2.50 bits per heavy atom. The molecule has 1 heterocycles. The first-order valence-corrected chi connectivity index (χ1v) is 7.60. The van der Waals surface area contributed by atoms with Crippen LogP contribution >= 0.6 is 0 Å². The molecule has 0 radical (unpaired) electrons. The number of aromatic amines is 1. The number of anilines is 1. The van der Waals surface area contributed by atoms with Crippen molar-refractivity contribution in [3.05, 3.63) is 34.9 Å². The van der Waals surface area contributed by atoms with Gasteiger partial charge in [-0.15, -0.1) is 0 Å². The number of aryl methyl sites for hydroxylation is 2. The maximum absolute atomic E-state index is 13.9. The maximum Gasteiger partial charge on any atom is 0.225 e. The zero-order valence-electron chi connectivity index (χ0n) is 14.5. The third-order valence-corrected chi connectivity index (χ3v) is 3.92. The van der Waals surface area contributed by atoms with E-state index in [1.807, 2.05) is 20.8 Å². The Hall–Kier alpha value is -2.57. The number of carbonyl (C=O) groups excluding carboxylic acids is 1. The highest BCUT2D eigenvalue weighted by atomic mass is 19.1. The molecule has 0 aliphatic rings. The second kappa shape index (κ2) is 7.33. The minimum Gasteiger partial charge on any atom is -0.494 e. The van der Waals surface area contributed by atoms with Crippen molar-refractivity contribution in [1.29, 1.82) is 0 Å². The van der Waals surface area contributed by atoms with Gasteiger partial charge in [-0.25, -0.2) is 4.39 Å². The number of methoxy groups -OCH3 is 2. The standard InChI is InChI=1S/C17H22FN3O3/c1-9(17-10(2)20-21-11(17)3)6-16(22)19-13-7-12(18)14(23-4)8-15(13)24-5/h7-9H,6H2,1-5H3,(H,19,22)(H,20,21). The van der Waals surface area contributed by atoms with Crippen LogP contribution in [0.1, 0.15) is 36.2 Å². The van der Waals surface area contributed by atoms with E-state index in [9.17, 15) is 9.18 Å². The van der Waals surface area contributed by atoms with E-state index < -0.39 is 5.82 Å². The Bertz CT molecular complexity index is 723. The summed E-state index contributed by atoms with van der Waals surface area (Å²) in [6.45, 7) is 5.77. The summed E-state index contributed by atoms with van der Waals surface area (Å²) in [4.78, 5) is 12.3. The minimum absolute atomic E-state index is 0.0159. The molecule has 0 fully saturated rings. The lowest BCUT2D eigenvalue weighted by Crippen LogP contribution is -2.16. The second-order valence-corrected chi connectivity index (χ2v) is 5.69. The highest BCUT2D eigenvalue weighted by molar-refractivity contribution is 5.93. The lowest BCUT2D eigenvalue weighted by molar-refractivity contribution is -0.116. The number of ether oxygens (including phenoxy) is 2. The van der Waals surface area contributed by atoms with Crippen molar-refractivity contribution in [3.63, 3.8) is 0 Å². The molecule has 0 saturated heterocycles. The summed E-state index contributed by atoms with van der Waals surface area (Å²) < 4.78 is 24.0. The lowest BCUT2D eigenvalue weighted by atomic mass is 9.95. The molecule has 2 N–H and O–H groups in total. The molecule has 2 aromatic rings. The van der Waals surface area contributed by atoms with Gasteiger partial charge in [0.25, 0.3) is 0 Å². The fourth-order valence-corrected chi connectivity index (χ4v) is 2.82. The topological polar surface area (TPSA) is 76.2 Å². The van der Waals surface area contributed by atoms with Crippen LogP contribution in [0.3, 0.4) is 0 Å². The Balaban J connectivity index is 2.14. The van der Waals surface area contributed by atoms with Gasteiger partial charge in [0.15, 0.2) is 11.6 Å².